The third kappa shape index (κ3) is 2.97. The monoisotopic (exact) mass is 186 g/mol. The van der Waals surface area contributed by atoms with Gasteiger partial charge < -0.3 is 15.4 Å². The van der Waals surface area contributed by atoms with Crippen LogP contribution in [0.1, 0.15) is 19.3 Å². The average molecular weight is 186 g/mol. The fraction of sp³-hybridized carbons (Fsp3) is 0.889. The smallest absolute Gasteiger partial charge is 0.248 e. The topological polar surface area (TPSA) is 55.6 Å². The van der Waals surface area contributed by atoms with Crippen molar-refractivity contribution < 1.29 is 9.53 Å². The summed E-state index contributed by atoms with van der Waals surface area (Å²) in [5, 5.41) is 0. The Labute approximate surface area is 79.0 Å². The maximum Gasteiger partial charge on any atom is 0.248 e. The Bertz CT molecular complexity index is 169. The normalized spacial score (nSPS) is 16.8. The summed E-state index contributed by atoms with van der Waals surface area (Å²) >= 11 is 0. The number of carbonyl (C=O) groups is 1. The molecule has 0 aliphatic heterocycles. The number of carbonyl (C=O) groups excluding carboxylic acids is 1. The molecule has 4 nitrogen and oxygen atoms in total. The molecule has 2 N–H and O–H groups in total. The van der Waals surface area contributed by atoms with Gasteiger partial charge in [0, 0.05) is 19.6 Å². The quantitative estimate of drug-likeness (QED) is 0.614. The third-order valence-corrected chi connectivity index (χ3v) is 2.50. The molecular weight excluding hydrogens is 168 g/mol. The Morgan fingerprint density at radius 1 is 1.62 bits per heavy atom. The minimum absolute atomic E-state index is 0.0677. The van der Waals surface area contributed by atoms with Crippen LogP contribution in [-0.4, -0.2) is 43.7 Å². The largest absolute Gasteiger partial charge is 0.370 e. The van der Waals surface area contributed by atoms with Crippen LogP contribution < -0.4 is 5.73 Å². The van der Waals surface area contributed by atoms with Gasteiger partial charge >= 0.3 is 0 Å². The van der Waals surface area contributed by atoms with E-state index < -0.39 is 0 Å². The van der Waals surface area contributed by atoms with Gasteiger partial charge in [-0.3, -0.25) is 4.79 Å². The van der Waals surface area contributed by atoms with Gasteiger partial charge in [0.05, 0.1) is 6.61 Å². The van der Waals surface area contributed by atoms with Crippen LogP contribution in [-0.2, 0) is 9.53 Å². The standard InChI is InChI=1S/C9H18N2O2/c1-11(8-3-2-4-8)9(12)7-13-6-5-10/h8H,2-7,10H2,1H3. The number of ether oxygens (including phenoxy) is 1. The molecule has 76 valence electrons. The summed E-state index contributed by atoms with van der Waals surface area (Å²) in [4.78, 5) is 13.2. The van der Waals surface area contributed by atoms with E-state index in [0.717, 1.165) is 12.8 Å². The van der Waals surface area contributed by atoms with Gasteiger partial charge in [0.15, 0.2) is 0 Å². The van der Waals surface area contributed by atoms with Gasteiger partial charge in [-0.25, -0.2) is 0 Å². The molecular formula is C9H18N2O2. The highest BCUT2D eigenvalue weighted by molar-refractivity contribution is 5.77. The fourth-order valence-electron chi connectivity index (χ4n) is 1.32. The lowest BCUT2D eigenvalue weighted by Crippen LogP contribution is -2.43. The Balaban J connectivity index is 2.13. The first-order valence-corrected chi connectivity index (χ1v) is 4.79. The number of amides is 1. The third-order valence-electron chi connectivity index (χ3n) is 2.50. The Morgan fingerprint density at radius 3 is 2.77 bits per heavy atom. The predicted molar refractivity (Wildman–Crippen MR) is 50.3 cm³/mol. The highest BCUT2D eigenvalue weighted by Gasteiger charge is 2.25. The second-order valence-electron chi connectivity index (χ2n) is 3.43. The number of rotatable bonds is 5. The van der Waals surface area contributed by atoms with Crippen LogP contribution in [0, 0.1) is 0 Å². The lowest BCUT2D eigenvalue weighted by atomic mass is 9.92. The minimum Gasteiger partial charge on any atom is -0.370 e. The zero-order valence-corrected chi connectivity index (χ0v) is 8.16. The molecule has 0 saturated heterocycles. The molecule has 1 rings (SSSR count). The van der Waals surface area contributed by atoms with Gasteiger partial charge in [-0.1, -0.05) is 0 Å². The van der Waals surface area contributed by atoms with Crippen LogP contribution in [0.25, 0.3) is 0 Å². The van der Waals surface area contributed by atoms with Crippen molar-refractivity contribution in [1.82, 2.24) is 4.90 Å². The molecule has 0 radical (unpaired) electrons. The summed E-state index contributed by atoms with van der Waals surface area (Å²) in [7, 11) is 1.85. The molecule has 1 fully saturated rings. The fourth-order valence-corrected chi connectivity index (χ4v) is 1.32. The lowest BCUT2D eigenvalue weighted by molar-refractivity contribution is -0.138. The van der Waals surface area contributed by atoms with E-state index in [9.17, 15) is 4.79 Å². The molecule has 0 atom stereocenters. The molecule has 0 spiro atoms. The molecule has 0 heterocycles. The first kappa shape index (κ1) is 10.5. The first-order valence-electron chi connectivity index (χ1n) is 4.79. The number of nitrogens with zero attached hydrogens (tertiary/aromatic N) is 1. The summed E-state index contributed by atoms with van der Waals surface area (Å²) in [6.07, 6.45) is 3.52. The summed E-state index contributed by atoms with van der Waals surface area (Å²) in [5.74, 6) is 0.0677. The van der Waals surface area contributed by atoms with E-state index in [1.165, 1.54) is 6.42 Å². The van der Waals surface area contributed by atoms with E-state index in [4.69, 9.17) is 10.5 Å². The van der Waals surface area contributed by atoms with E-state index in [1.54, 1.807) is 4.90 Å². The Hall–Kier alpha value is -0.610. The van der Waals surface area contributed by atoms with Crippen LogP contribution in [0.15, 0.2) is 0 Å². The molecule has 1 amide bonds. The van der Waals surface area contributed by atoms with Crippen molar-refractivity contribution in [3.8, 4) is 0 Å². The van der Waals surface area contributed by atoms with Crippen molar-refractivity contribution in [2.75, 3.05) is 26.8 Å². The van der Waals surface area contributed by atoms with Gasteiger partial charge in [0.1, 0.15) is 6.61 Å². The summed E-state index contributed by atoms with van der Waals surface area (Å²) in [6.45, 7) is 1.11. The first-order chi connectivity index (χ1) is 6.25. The highest BCUT2D eigenvalue weighted by Crippen LogP contribution is 2.23. The molecule has 1 aliphatic carbocycles. The van der Waals surface area contributed by atoms with E-state index >= 15 is 0 Å². The summed E-state index contributed by atoms with van der Waals surface area (Å²) in [5.41, 5.74) is 5.24. The van der Waals surface area contributed by atoms with Crippen LogP contribution in [0.2, 0.25) is 0 Å². The highest BCUT2D eigenvalue weighted by atomic mass is 16.5. The number of hydrogen-bond donors (Lipinski definition) is 1. The van der Waals surface area contributed by atoms with Crippen LogP contribution in [0.3, 0.4) is 0 Å². The van der Waals surface area contributed by atoms with Crippen LogP contribution in [0.5, 0.6) is 0 Å². The van der Waals surface area contributed by atoms with Gasteiger partial charge in [-0.05, 0) is 19.3 Å². The Morgan fingerprint density at radius 2 is 2.31 bits per heavy atom. The van der Waals surface area contributed by atoms with Gasteiger partial charge in [0.25, 0.3) is 0 Å². The second-order valence-corrected chi connectivity index (χ2v) is 3.43. The molecule has 13 heavy (non-hydrogen) atoms. The van der Waals surface area contributed by atoms with Crippen LogP contribution in [0.4, 0.5) is 0 Å². The van der Waals surface area contributed by atoms with E-state index in [-0.39, 0.29) is 12.5 Å². The SMILES string of the molecule is CN(C(=O)COCCN)C1CCC1. The van der Waals surface area contributed by atoms with Crippen molar-refractivity contribution in [2.45, 2.75) is 25.3 Å². The molecule has 0 bridgehead atoms. The second kappa shape index (κ2) is 5.19. The molecule has 1 aliphatic rings. The minimum atomic E-state index is 0.0677. The van der Waals surface area contributed by atoms with E-state index in [1.807, 2.05) is 7.05 Å². The van der Waals surface area contributed by atoms with Gasteiger partial charge in [-0.15, -0.1) is 0 Å². The lowest BCUT2D eigenvalue weighted by Gasteiger charge is -2.34. The molecule has 4 heteroatoms. The molecule has 0 aromatic heterocycles. The van der Waals surface area contributed by atoms with Crippen LogP contribution >= 0.6 is 0 Å². The maximum atomic E-state index is 11.4. The van der Waals surface area contributed by atoms with Gasteiger partial charge in [0.2, 0.25) is 5.91 Å². The average Bonchev–Trinajstić information content (AvgIpc) is 2.01. The zero-order valence-electron chi connectivity index (χ0n) is 8.16. The number of nitrogens with two attached hydrogens (primary N) is 1. The van der Waals surface area contributed by atoms with Gasteiger partial charge in [-0.2, -0.15) is 0 Å². The van der Waals surface area contributed by atoms with Crippen molar-refractivity contribution in [3.05, 3.63) is 0 Å². The van der Waals surface area contributed by atoms with Crippen molar-refractivity contribution in [3.63, 3.8) is 0 Å². The molecule has 0 aromatic carbocycles. The van der Waals surface area contributed by atoms with E-state index in [2.05, 4.69) is 0 Å². The summed E-state index contributed by atoms with van der Waals surface area (Å²) in [6, 6.07) is 0.453. The number of hydrogen-bond acceptors (Lipinski definition) is 3. The Kier molecular flexibility index (Phi) is 4.18. The molecule has 0 aromatic rings. The molecule has 0 unspecified atom stereocenters. The maximum absolute atomic E-state index is 11.4. The summed E-state index contributed by atoms with van der Waals surface area (Å²) < 4.78 is 5.07. The predicted octanol–water partition coefficient (Wildman–Crippen LogP) is -0.0274. The van der Waals surface area contributed by atoms with E-state index in [0.29, 0.717) is 19.2 Å². The van der Waals surface area contributed by atoms with Crippen molar-refractivity contribution >= 4 is 5.91 Å². The molecule has 1 saturated carbocycles. The van der Waals surface area contributed by atoms with Crippen molar-refractivity contribution in [1.29, 1.82) is 0 Å². The van der Waals surface area contributed by atoms with Crippen molar-refractivity contribution in [2.24, 2.45) is 5.73 Å². The number of likely N-dealkylation sites (N-methyl/N-ethyl adjacent to an activating group) is 1. The zero-order chi connectivity index (χ0) is 9.68.